The summed E-state index contributed by atoms with van der Waals surface area (Å²) in [4.78, 5) is 7.44. The van der Waals surface area contributed by atoms with Gasteiger partial charge in [-0.3, -0.25) is 0 Å². The van der Waals surface area contributed by atoms with Crippen LogP contribution in [0.25, 0.3) is 0 Å². The molecule has 132 valence electrons. The minimum atomic E-state index is 0.253. The van der Waals surface area contributed by atoms with Crippen LogP contribution in [0, 0.1) is 5.92 Å². The summed E-state index contributed by atoms with van der Waals surface area (Å²) in [5.41, 5.74) is 8.67. The molecule has 0 bridgehead atoms. The van der Waals surface area contributed by atoms with Crippen molar-refractivity contribution < 1.29 is 4.74 Å². The largest absolute Gasteiger partial charge is 0.381 e. The molecule has 4 rings (SSSR count). The topological polar surface area (TPSA) is 63.4 Å². The average Bonchev–Trinajstić information content (AvgIpc) is 2.55. The average molecular weight is 330 g/mol. The van der Waals surface area contributed by atoms with Crippen LogP contribution in [0.4, 0.5) is 11.5 Å². The Bertz CT molecular complexity index is 597. The summed E-state index contributed by atoms with van der Waals surface area (Å²) in [6, 6.07) is 5.30. The molecule has 5 heteroatoms. The molecule has 1 aromatic heterocycles. The van der Waals surface area contributed by atoms with E-state index >= 15 is 0 Å². The van der Waals surface area contributed by atoms with Gasteiger partial charge in [0, 0.05) is 31.1 Å². The Morgan fingerprint density at radius 3 is 2.67 bits per heavy atom. The van der Waals surface area contributed by atoms with Crippen LogP contribution in [0.2, 0.25) is 0 Å². The zero-order valence-corrected chi connectivity index (χ0v) is 15.0. The first-order valence-electron chi connectivity index (χ1n) is 9.44. The molecular formula is C19H30N4O. The van der Waals surface area contributed by atoms with E-state index in [1.165, 1.54) is 17.8 Å². The van der Waals surface area contributed by atoms with Crippen LogP contribution in [-0.2, 0) is 4.74 Å². The van der Waals surface area contributed by atoms with Crippen LogP contribution in [0.3, 0.4) is 0 Å². The van der Waals surface area contributed by atoms with Gasteiger partial charge in [0.15, 0.2) is 0 Å². The number of nitrogens with one attached hydrogen (secondary N) is 1. The van der Waals surface area contributed by atoms with Crippen molar-refractivity contribution in [2.24, 2.45) is 11.7 Å². The number of hydrogen-bond acceptors (Lipinski definition) is 5. The van der Waals surface area contributed by atoms with Gasteiger partial charge >= 0.3 is 0 Å². The number of fused-ring (bicyclic) bond motifs is 2. The van der Waals surface area contributed by atoms with E-state index < -0.39 is 0 Å². The van der Waals surface area contributed by atoms with Gasteiger partial charge in [-0.25, -0.2) is 4.98 Å². The zero-order chi connectivity index (χ0) is 16.8. The summed E-state index contributed by atoms with van der Waals surface area (Å²) in [6.45, 7) is 8.43. The SMILES string of the molecule is CC1c2nc(N3C[C@@H](C)O[C@@H](C)C3)ccc2NC2CCC(N)CC21. The van der Waals surface area contributed by atoms with E-state index in [-0.39, 0.29) is 12.2 Å². The molecule has 0 amide bonds. The zero-order valence-electron chi connectivity index (χ0n) is 15.0. The fourth-order valence-electron chi connectivity index (χ4n) is 4.85. The lowest BCUT2D eigenvalue weighted by atomic mass is 9.71. The lowest BCUT2D eigenvalue weighted by Crippen LogP contribution is -2.47. The second-order valence-electron chi connectivity index (χ2n) is 8.04. The number of nitrogens with zero attached hydrogens (tertiary/aromatic N) is 2. The van der Waals surface area contributed by atoms with Gasteiger partial charge in [0.1, 0.15) is 5.82 Å². The van der Waals surface area contributed by atoms with Crippen molar-refractivity contribution in [2.45, 2.75) is 70.2 Å². The molecule has 2 fully saturated rings. The summed E-state index contributed by atoms with van der Waals surface area (Å²) in [5.74, 6) is 2.16. The Balaban J connectivity index is 1.61. The van der Waals surface area contributed by atoms with Crippen molar-refractivity contribution in [2.75, 3.05) is 23.3 Å². The third-order valence-corrected chi connectivity index (χ3v) is 6.01. The molecule has 1 aromatic rings. The normalized spacial score (nSPS) is 38.9. The Morgan fingerprint density at radius 2 is 1.92 bits per heavy atom. The Labute approximate surface area is 145 Å². The Kier molecular flexibility index (Phi) is 4.17. The number of anilines is 2. The fraction of sp³-hybridized carbons (Fsp3) is 0.737. The van der Waals surface area contributed by atoms with Crippen LogP contribution < -0.4 is 16.0 Å². The van der Waals surface area contributed by atoms with Gasteiger partial charge in [-0.05, 0) is 51.2 Å². The monoisotopic (exact) mass is 330 g/mol. The second-order valence-corrected chi connectivity index (χ2v) is 8.04. The van der Waals surface area contributed by atoms with E-state index in [2.05, 4.69) is 43.1 Å². The van der Waals surface area contributed by atoms with E-state index in [9.17, 15) is 0 Å². The molecule has 1 saturated carbocycles. The molecule has 1 aliphatic carbocycles. The number of ether oxygens (including phenoxy) is 1. The highest BCUT2D eigenvalue weighted by molar-refractivity contribution is 5.58. The quantitative estimate of drug-likeness (QED) is 0.829. The first-order valence-corrected chi connectivity index (χ1v) is 9.44. The summed E-state index contributed by atoms with van der Waals surface area (Å²) in [7, 11) is 0. The molecule has 24 heavy (non-hydrogen) atoms. The fourth-order valence-corrected chi connectivity index (χ4v) is 4.85. The van der Waals surface area contributed by atoms with Gasteiger partial charge in [0.2, 0.25) is 0 Å². The molecule has 3 aliphatic rings. The maximum atomic E-state index is 6.23. The van der Waals surface area contributed by atoms with Gasteiger partial charge < -0.3 is 20.7 Å². The van der Waals surface area contributed by atoms with E-state index in [1.807, 2.05) is 0 Å². The molecule has 3 heterocycles. The van der Waals surface area contributed by atoms with E-state index in [0.717, 1.165) is 31.7 Å². The lowest BCUT2D eigenvalue weighted by molar-refractivity contribution is -0.00547. The van der Waals surface area contributed by atoms with E-state index in [4.69, 9.17) is 15.5 Å². The molecule has 2 aliphatic heterocycles. The van der Waals surface area contributed by atoms with Crippen molar-refractivity contribution in [3.8, 4) is 0 Å². The number of aromatic nitrogens is 1. The van der Waals surface area contributed by atoms with Gasteiger partial charge in [-0.2, -0.15) is 0 Å². The molecule has 0 spiro atoms. The van der Waals surface area contributed by atoms with Crippen molar-refractivity contribution in [1.82, 2.24) is 4.98 Å². The lowest BCUT2D eigenvalue weighted by Gasteiger charge is -2.44. The minimum Gasteiger partial charge on any atom is -0.381 e. The molecule has 0 aromatic carbocycles. The summed E-state index contributed by atoms with van der Waals surface area (Å²) in [5, 5.41) is 3.74. The minimum absolute atomic E-state index is 0.253. The van der Waals surface area contributed by atoms with Crippen LogP contribution >= 0.6 is 0 Å². The van der Waals surface area contributed by atoms with Crippen molar-refractivity contribution >= 4 is 11.5 Å². The smallest absolute Gasteiger partial charge is 0.129 e. The van der Waals surface area contributed by atoms with Crippen LogP contribution in [0.1, 0.15) is 51.6 Å². The molecule has 1 saturated heterocycles. The summed E-state index contributed by atoms with van der Waals surface area (Å²) >= 11 is 0. The highest BCUT2D eigenvalue weighted by atomic mass is 16.5. The van der Waals surface area contributed by atoms with E-state index in [0.29, 0.717) is 23.9 Å². The third kappa shape index (κ3) is 2.88. The van der Waals surface area contributed by atoms with Crippen LogP contribution in [-0.4, -0.2) is 42.4 Å². The molecule has 3 N–H and O–H groups in total. The van der Waals surface area contributed by atoms with Crippen LogP contribution in [0.15, 0.2) is 12.1 Å². The third-order valence-electron chi connectivity index (χ3n) is 6.01. The number of hydrogen-bond donors (Lipinski definition) is 2. The predicted molar refractivity (Wildman–Crippen MR) is 97.6 cm³/mol. The number of nitrogens with two attached hydrogens (primary N) is 1. The molecule has 0 radical (unpaired) electrons. The van der Waals surface area contributed by atoms with E-state index in [1.54, 1.807) is 0 Å². The van der Waals surface area contributed by atoms with Gasteiger partial charge in [-0.15, -0.1) is 0 Å². The highest BCUT2D eigenvalue weighted by Gasteiger charge is 2.39. The number of rotatable bonds is 1. The first-order chi connectivity index (χ1) is 11.5. The summed E-state index contributed by atoms with van der Waals surface area (Å²) < 4.78 is 5.86. The Morgan fingerprint density at radius 1 is 1.17 bits per heavy atom. The Hall–Kier alpha value is -1.33. The number of pyridine rings is 1. The maximum Gasteiger partial charge on any atom is 0.129 e. The summed E-state index contributed by atoms with van der Waals surface area (Å²) in [6.07, 6.45) is 3.92. The highest BCUT2D eigenvalue weighted by Crippen LogP contribution is 2.43. The second kappa shape index (κ2) is 6.19. The molecular weight excluding hydrogens is 300 g/mol. The van der Waals surface area contributed by atoms with Crippen molar-refractivity contribution in [3.05, 3.63) is 17.8 Å². The maximum absolute atomic E-state index is 6.23. The predicted octanol–water partition coefficient (Wildman–Crippen LogP) is 2.72. The van der Waals surface area contributed by atoms with Crippen LogP contribution in [0.5, 0.6) is 0 Å². The molecule has 4 unspecified atom stereocenters. The van der Waals surface area contributed by atoms with Crippen molar-refractivity contribution in [3.63, 3.8) is 0 Å². The van der Waals surface area contributed by atoms with Gasteiger partial charge in [0.05, 0.1) is 23.6 Å². The first kappa shape index (κ1) is 16.2. The number of morpholine rings is 1. The van der Waals surface area contributed by atoms with Crippen molar-refractivity contribution in [1.29, 1.82) is 0 Å². The van der Waals surface area contributed by atoms with Gasteiger partial charge in [0.25, 0.3) is 0 Å². The van der Waals surface area contributed by atoms with Gasteiger partial charge in [-0.1, -0.05) is 6.92 Å². The standard InChI is InChI=1S/C19H30N4O/c1-11-9-23(10-12(2)24-11)18-7-6-17-19(22-18)13(3)15-8-14(20)4-5-16(15)21-17/h6-7,11-16,21H,4-5,8-10,20H2,1-3H3/t11-,12+,13?,14?,15?,16?. The molecule has 5 nitrogen and oxygen atoms in total. The molecule has 6 atom stereocenters.